The minimum absolute atomic E-state index is 0.225. The van der Waals surface area contributed by atoms with E-state index >= 15 is 0 Å². The lowest BCUT2D eigenvalue weighted by Crippen LogP contribution is -2.10. The van der Waals surface area contributed by atoms with Gasteiger partial charge in [0.25, 0.3) is 0 Å². The molecule has 0 amide bonds. The zero-order valence-electron chi connectivity index (χ0n) is 12.8. The fourth-order valence-corrected chi connectivity index (χ4v) is 2.46. The van der Waals surface area contributed by atoms with Crippen molar-refractivity contribution < 1.29 is 9.15 Å². The van der Waals surface area contributed by atoms with Gasteiger partial charge in [-0.1, -0.05) is 32.4 Å². The molecule has 2 aromatic rings. The molecule has 21 heavy (non-hydrogen) atoms. The smallest absolute Gasteiger partial charge is 0.339 e. The third kappa shape index (κ3) is 3.54. The molecule has 0 spiro atoms. The Labute approximate surface area is 125 Å². The largest absolute Gasteiger partial charge is 0.489 e. The normalized spacial score (nSPS) is 10.8. The summed E-state index contributed by atoms with van der Waals surface area (Å²) in [4.78, 5) is 12.1. The van der Waals surface area contributed by atoms with Gasteiger partial charge in [0.1, 0.15) is 17.9 Å². The van der Waals surface area contributed by atoms with E-state index in [0.717, 1.165) is 42.2 Å². The third-order valence-electron chi connectivity index (χ3n) is 3.66. The van der Waals surface area contributed by atoms with Gasteiger partial charge in [-0.05, 0) is 37.5 Å². The summed E-state index contributed by atoms with van der Waals surface area (Å²) in [5.74, 6) is 0.684. The minimum Gasteiger partial charge on any atom is -0.489 e. The van der Waals surface area contributed by atoms with E-state index < -0.39 is 0 Å². The molecule has 0 N–H and O–H groups in total. The van der Waals surface area contributed by atoms with Crippen LogP contribution in [0.15, 0.2) is 40.1 Å². The number of unbranched alkanes of at least 4 members (excludes halogenated alkanes) is 2. The van der Waals surface area contributed by atoms with E-state index in [9.17, 15) is 4.79 Å². The monoisotopic (exact) mass is 286 g/mol. The Balaban J connectivity index is 2.37. The van der Waals surface area contributed by atoms with Gasteiger partial charge in [0.15, 0.2) is 0 Å². The molecule has 3 heteroatoms. The zero-order valence-corrected chi connectivity index (χ0v) is 12.8. The highest BCUT2D eigenvalue weighted by Gasteiger charge is 2.11. The van der Waals surface area contributed by atoms with Crippen LogP contribution in [0.25, 0.3) is 11.0 Å². The molecule has 0 bridgehead atoms. The highest BCUT2D eigenvalue weighted by atomic mass is 16.5. The van der Waals surface area contributed by atoms with Crippen LogP contribution in [0.1, 0.15) is 37.3 Å². The molecule has 1 aromatic carbocycles. The van der Waals surface area contributed by atoms with Crippen LogP contribution in [-0.2, 0) is 6.42 Å². The summed E-state index contributed by atoms with van der Waals surface area (Å²) in [7, 11) is 0. The number of hydrogen-bond donors (Lipinski definition) is 0. The summed E-state index contributed by atoms with van der Waals surface area (Å²) < 4.78 is 10.9. The van der Waals surface area contributed by atoms with E-state index in [4.69, 9.17) is 9.15 Å². The Morgan fingerprint density at radius 1 is 1.33 bits per heavy atom. The average Bonchev–Trinajstić information content (AvgIpc) is 2.48. The highest BCUT2D eigenvalue weighted by Crippen LogP contribution is 2.24. The summed E-state index contributed by atoms with van der Waals surface area (Å²) in [5.41, 5.74) is 2.18. The maximum Gasteiger partial charge on any atom is 0.339 e. The Morgan fingerprint density at radius 3 is 2.86 bits per heavy atom. The van der Waals surface area contributed by atoms with Crippen LogP contribution in [0, 0.1) is 6.92 Å². The lowest BCUT2D eigenvalue weighted by Gasteiger charge is -2.09. The molecule has 1 heterocycles. The van der Waals surface area contributed by atoms with Crippen LogP contribution in [0.4, 0.5) is 0 Å². The molecular weight excluding hydrogens is 264 g/mol. The molecule has 0 radical (unpaired) electrons. The fraction of sp³-hybridized carbons (Fsp3) is 0.389. The summed E-state index contributed by atoms with van der Waals surface area (Å²) in [6.07, 6.45) is 5.76. The highest BCUT2D eigenvalue weighted by molar-refractivity contribution is 5.82. The Morgan fingerprint density at radius 2 is 2.14 bits per heavy atom. The van der Waals surface area contributed by atoms with Crippen LogP contribution in [0.3, 0.4) is 0 Å². The second kappa shape index (κ2) is 7.11. The van der Waals surface area contributed by atoms with Gasteiger partial charge in [0.05, 0.1) is 0 Å². The summed E-state index contributed by atoms with van der Waals surface area (Å²) in [6.45, 7) is 8.19. The predicted molar refractivity (Wildman–Crippen MR) is 86.1 cm³/mol. The number of rotatable bonds is 7. The molecule has 2 rings (SSSR count). The standard InChI is InChI=1S/C18H22O3/c1-4-6-7-8-16-13(3)15-10-9-14(20-11-5-2)12-17(15)21-18(16)19/h5,9-10,12H,2,4,6-8,11H2,1,3H3. The molecular formula is C18H22O3. The van der Waals surface area contributed by atoms with Gasteiger partial charge in [0, 0.05) is 17.0 Å². The predicted octanol–water partition coefficient (Wildman–Crippen LogP) is 4.40. The summed E-state index contributed by atoms with van der Waals surface area (Å²) in [5, 5.41) is 0.979. The maximum atomic E-state index is 12.1. The van der Waals surface area contributed by atoms with Crippen molar-refractivity contribution in [1.82, 2.24) is 0 Å². The van der Waals surface area contributed by atoms with Gasteiger partial charge in [0.2, 0.25) is 0 Å². The first kappa shape index (κ1) is 15.4. The third-order valence-corrected chi connectivity index (χ3v) is 3.66. The Bertz CT molecular complexity index is 683. The van der Waals surface area contributed by atoms with Crippen molar-refractivity contribution in [2.45, 2.75) is 39.5 Å². The topological polar surface area (TPSA) is 39.4 Å². The van der Waals surface area contributed by atoms with Crippen molar-refractivity contribution in [3.8, 4) is 5.75 Å². The van der Waals surface area contributed by atoms with Gasteiger partial charge >= 0.3 is 5.63 Å². The van der Waals surface area contributed by atoms with Crippen LogP contribution in [-0.4, -0.2) is 6.61 Å². The van der Waals surface area contributed by atoms with Crippen LogP contribution < -0.4 is 10.4 Å². The first-order valence-electron chi connectivity index (χ1n) is 7.47. The minimum atomic E-state index is -0.225. The van der Waals surface area contributed by atoms with E-state index in [1.54, 1.807) is 12.1 Å². The van der Waals surface area contributed by atoms with Crippen molar-refractivity contribution in [2.75, 3.05) is 6.61 Å². The number of hydrogen-bond acceptors (Lipinski definition) is 3. The molecule has 3 nitrogen and oxygen atoms in total. The van der Waals surface area contributed by atoms with Crippen LogP contribution in [0.2, 0.25) is 0 Å². The number of fused-ring (bicyclic) bond motifs is 1. The SMILES string of the molecule is C=CCOc1ccc2c(C)c(CCCCC)c(=O)oc2c1. The quantitative estimate of drug-likeness (QED) is 0.430. The molecule has 0 aliphatic carbocycles. The molecule has 1 aromatic heterocycles. The van der Waals surface area contributed by atoms with E-state index in [1.165, 1.54) is 0 Å². The first-order chi connectivity index (χ1) is 10.2. The maximum absolute atomic E-state index is 12.1. The Kier molecular flexibility index (Phi) is 5.20. The van der Waals surface area contributed by atoms with E-state index in [2.05, 4.69) is 13.5 Å². The second-order valence-electron chi connectivity index (χ2n) is 5.21. The molecule has 112 valence electrons. The van der Waals surface area contributed by atoms with E-state index in [1.807, 2.05) is 19.1 Å². The summed E-state index contributed by atoms with van der Waals surface area (Å²) in [6, 6.07) is 5.62. The van der Waals surface area contributed by atoms with Gasteiger partial charge in [-0.15, -0.1) is 0 Å². The van der Waals surface area contributed by atoms with Crippen molar-refractivity contribution in [3.05, 3.63) is 52.4 Å². The van der Waals surface area contributed by atoms with Gasteiger partial charge in [-0.3, -0.25) is 0 Å². The van der Waals surface area contributed by atoms with Gasteiger partial charge < -0.3 is 9.15 Å². The average molecular weight is 286 g/mol. The lowest BCUT2D eigenvalue weighted by atomic mass is 10.0. The van der Waals surface area contributed by atoms with Gasteiger partial charge in [-0.25, -0.2) is 4.79 Å². The van der Waals surface area contributed by atoms with E-state index in [0.29, 0.717) is 17.9 Å². The molecule has 0 atom stereocenters. The van der Waals surface area contributed by atoms with Crippen molar-refractivity contribution in [2.24, 2.45) is 0 Å². The second-order valence-corrected chi connectivity index (χ2v) is 5.21. The molecule has 0 fully saturated rings. The van der Waals surface area contributed by atoms with Crippen molar-refractivity contribution >= 4 is 11.0 Å². The molecule has 0 unspecified atom stereocenters. The lowest BCUT2D eigenvalue weighted by molar-refractivity contribution is 0.363. The summed E-state index contributed by atoms with van der Waals surface area (Å²) >= 11 is 0. The number of aryl methyl sites for hydroxylation is 1. The molecule has 0 saturated heterocycles. The van der Waals surface area contributed by atoms with Crippen LogP contribution >= 0.6 is 0 Å². The fourth-order valence-electron chi connectivity index (χ4n) is 2.46. The zero-order chi connectivity index (χ0) is 15.2. The van der Waals surface area contributed by atoms with Crippen molar-refractivity contribution in [3.63, 3.8) is 0 Å². The van der Waals surface area contributed by atoms with E-state index in [-0.39, 0.29) is 5.63 Å². The molecule has 0 saturated carbocycles. The number of ether oxygens (including phenoxy) is 1. The molecule has 0 aliphatic heterocycles. The number of benzene rings is 1. The van der Waals surface area contributed by atoms with Crippen LogP contribution in [0.5, 0.6) is 5.75 Å². The molecule has 0 aliphatic rings. The Hall–Kier alpha value is -2.03. The van der Waals surface area contributed by atoms with Crippen molar-refractivity contribution in [1.29, 1.82) is 0 Å². The van der Waals surface area contributed by atoms with Gasteiger partial charge in [-0.2, -0.15) is 0 Å². The first-order valence-corrected chi connectivity index (χ1v) is 7.47.